The number of hydrogen-bond donors (Lipinski definition) is 1. The van der Waals surface area contributed by atoms with E-state index in [2.05, 4.69) is 10.3 Å². The van der Waals surface area contributed by atoms with E-state index in [1.54, 1.807) is 39.2 Å². The topological polar surface area (TPSA) is 82.5 Å². The third-order valence-electron chi connectivity index (χ3n) is 3.31. The van der Waals surface area contributed by atoms with E-state index in [1.807, 2.05) is 0 Å². The Balaban J connectivity index is 2.19. The number of amides is 1. The standard InChI is InChI=1S/C16H19N3O4/c1-10-7-16(21)19(11(2)17-10)9-15(20)18-13-6-5-12(22-3)8-14(13)23-4/h5-8H,9H2,1-4H3,(H,18,20). The van der Waals surface area contributed by atoms with Gasteiger partial charge in [-0.1, -0.05) is 0 Å². The Bertz CT molecular complexity index is 783. The molecule has 7 nitrogen and oxygen atoms in total. The number of aryl methyl sites for hydroxylation is 2. The van der Waals surface area contributed by atoms with Crippen molar-refractivity contribution >= 4 is 11.6 Å². The fourth-order valence-corrected chi connectivity index (χ4v) is 2.19. The Morgan fingerprint density at radius 1 is 1.22 bits per heavy atom. The second-order valence-corrected chi connectivity index (χ2v) is 4.98. The van der Waals surface area contributed by atoms with Crippen LogP contribution >= 0.6 is 0 Å². The number of aromatic nitrogens is 2. The van der Waals surface area contributed by atoms with Crippen LogP contribution in [0.25, 0.3) is 0 Å². The lowest BCUT2D eigenvalue weighted by atomic mass is 10.2. The third-order valence-corrected chi connectivity index (χ3v) is 3.31. The van der Waals surface area contributed by atoms with Gasteiger partial charge in [0.25, 0.3) is 5.56 Å². The average molecular weight is 317 g/mol. The van der Waals surface area contributed by atoms with Crippen LogP contribution in [0, 0.1) is 13.8 Å². The smallest absolute Gasteiger partial charge is 0.254 e. The summed E-state index contributed by atoms with van der Waals surface area (Å²) in [6.45, 7) is 3.31. The van der Waals surface area contributed by atoms with E-state index in [1.165, 1.54) is 17.7 Å². The maximum Gasteiger partial charge on any atom is 0.254 e. The van der Waals surface area contributed by atoms with Crippen LogP contribution in [-0.4, -0.2) is 29.7 Å². The number of nitrogens with zero attached hydrogens (tertiary/aromatic N) is 2. The predicted molar refractivity (Wildman–Crippen MR) is 86.1 cm³/mol. The highest BCUT2D eigenvalue weighted by Gasteiger charge is 2.12. The highest BCUT2D eigenvalue weighted by atomic mass is 16.5. The van der Waals surface area contributed by atoms with Crippen LogP contribution < -0.4 is 20.3 Å². The molecule has 1 aromatic carbocycles. The lowest BCUT2D eigenvalue weighted by Gasteiger charge is -2.13. The van der Waals surface area contributed by atoms with Crippen molar-refractivity contribution in [1.29, 1.82) is 0 Å². The molecule has 0 spiro atoms. The van der Waals surface area contributed by atoms with Crippen LogP contribution in [0.15, 0.2) is 29.1 Å². The number of hydrogen-bond acceptors (Lipinski definition) is 5. The third kappa shape index (κ3) is 3.88. The van der Waals surface area contributed by atoms with Crippen LogP contribution in [-0.2, 0) is 11.3 Å². The highest BCUT2D eigenvalue weighted by molar-refractivity contribution is 5.92. The first-order valence-electron chi connectivity index (χ1n) is 7.01. The fourth-order valence-electron chi connectivity index (χ4n) is 2.19. The zero-order valence-corrected chi connectivity index (χ0v) is 13.5. The maximum atomic E-state index is 12.2. The number of nitrogens with one attached hydrogen (secondary N) is 1. The Morgan fingerprint density at radius 3 is 2.57 bits per heavy atom. The van der Waals surface area contributed by atoms with E-state index in [0.29, 0.717) is 28.7 Å². The summed E-state index contributed by atoms with van der Waals surface area (Å²) in [5.74, 6) is 1.25. The molecule has 1 N–H and O–H groups in total. The first-order chi connectivity index (χ1) is 10.9. The normalized spacial score (nSPS) is 10.3. The molecule has 2 rings (SSSR count). The molecule has 0 atom stereocenters. The van der Waals surface area contributed by atoms with E-state index < -0.39 is 0 Å². The molecule has 0 bridgehead atoms. The van der Waals surface area contributed by atoms with Gasteiger partial charge in [0.15, 0.2) is 0 Å². The lowest BCUT2D eigenvalue weighted by molar-refractivity contribution is -0.116. The molecule has 2 aromatic rings. The van der Waals surface area contributed by atoms with Crippen molar-refractivity contribution in [3.05, 3.63) is 46.1 Å². The van der Waals surface area contributed by atoms with E-state index in [-0.39, 0.29) is 18.0 Å². The zero-order valence-electron chi connectivity index (χ0n) is 13.5. The molecule has 0 unspecified atom stereocenters. The number of ether oxygens (including phenoxy) is 2. The van der Waals surface area contributed by atoms with Gasteiger partial charge in [-0.2, -0.15) is 0 Å². The molecule has 1 amide bonds. The Morgan fingerprint density at radius 2 is 1.96 bits per heavy atom. The average Bonchev–Trinajstić information content (AvgIpc) is 2.51. The second-order valence-electron chi connectivity index (χ2n) is 4.98. The first kappa shape index (κ1) is 16.5. The molecule has 0 saturated carbocycles. The minimum Gasteiger partial charge on any atom is -0.497 e. The van der Waals surface area contributed by atoms with Crippen molar-refractivity contribution < 1.29 is 14.3 Å². The van der Waals surface area contributed by atoms with E-state index >= 15 is 0 Å². The molecule has 0 aliphatic heterocycles. The van der Waals surface area contributed by atoms with Gasteiger partial charge in [0.05, 0.1) is 19.9 Å². The summed E-state index contributed by atoms with van der Waals surface area (Å²) in [6, 6.07) is 6.45. The molecular formula is C16H19N3O4. The molecule has 0 fully saturated rings. The number of rotatable bonds is 5. The van der Waals surface area contributed by atoms with Crippen molar-refractivity contribution in [2.45, 2.75) is 20.4 Å². The van der Waals surface area contributed by atoms with Gasteiger partial charge in [-0.15, -0.1) is 0 Å². The molecule has 122 valence electrons. The molecule has 7 heteroatoms. The summed E-state index contributed by atoms with van der Waals surface area (Å²) >= 11 is 0. The number of carbonyl (C=O) groups excluding carboxylic acids is 1. The van der Waals surface area contributed by atoms with Gasteiger partial charge in [0, 0.05) is 17.8 Å². The van der Waals surface area contributed by atoms with E-state index in [9.17, 15) is 9.59 Å². The number of carbonyl (C=O) groups is 1. The number of anilines is 1. The van der Waals surface area contributed by atoms with Crippen LogP contribution in [0.4, 0.5) is 5.69 Å². The van der Waals surface area contributed by atoms with Gasteiger partial charge in [0.2, 0.25) is 5.91 Å². The molecule has 23 heavy (non-hydrogen) atoms. The van der Waals surface area contributed by atoms with Crippen LogP contribution in [0.1, 0.15) is 11.5 Å². The van der Waals surface area contributed by atoms with Crippen LogP contribution in [0.5, 0.6) is 11.5 Å². The lowest BCUT2D eigenvalue weighted by Crippen LogP contribution is -2.30. The summed E-state index contributed by atoms with van der Waals surface area (Å²) in [5.41, 5.74) is 0.872. The largest absolute Gasteiger partial charge is 0.497 e. The van der Waals surface area contributed by atoms with Crippen molar-refractivity contribution in [3.63, 3.8) is 0 Å². The molecule has 0 aliphatic rings. The number of benzene rings is 1. The van der Waals surface area contributed by atoms with Crippen molar-refractivity contribution in [3.8, 4) is 11.5 Å². The molecule has 1 aromatic heterocycles. The van der Waals surface area contributed by atoms with Crippen molar-refractivity contribution in [2.75, 3.05) is 19.5 Å². The van der Waals surface area contributed by atoms with Gasteiger partial charge < -0.3 is 14.8 Å². The summed E-state index contributed by atoms with van der Waals surface area (Å²) in [5, 5.41) is 2.72. The summed E-state index contributed by atoms with van der Waals surface area (Å²) in [7, 11) is 3.05. The Labute approximate surface area is 133 Å². The summed E-state index contributed by atoms with van der Waals surface area (Å²) < 4.78 is 11.7. The molecule has 1 heterocycles. The van der Waals surface area contributed by atoms with Crippen LogP contribution in [0.3, 0.4) is 0 Å². The maximum absolute atomic E-state index is 12.2. The van der Waals surface area contributed by atoms with Crippen molar-refractivity contribution in [1.82, 2.24) is 9.55 Å². The van der Waals surface area contributed by atoms with Crippen LogP contribution in [0.2, 0.25) is 0 Å². The highest BCUT2D eigenvalue weighted by Crippen LogP contribution is 2.28. The van der Waals surface area contributed by atoms with Gasteiger partial charge in [-0.25, -0.2) is 4.98 Å². The molecule has 0 radical (unpaired) electrons. The molecular weight excluding hydrogens is 298 g/mol. The Kier molecular flexibility index (Phi) is 5.00. The quantitative estimate of drug-likeness (QED) is 0.904. The molecule has 0 aliphatic carbocycles. The van der Waals surface area contributed by atoms with Gasteiger partial charge in [-0.3, -0.25) is 14.2 Å². The minimum absolute atomic E-state index is 0.118. The van der Waals surface area contributed by atoms with E-state index in [0.717, 1.165) is 0 Å². The SMILES string of the molecule is COc1ccc(NC(=O)Cn2c(C)nc(C)cc2=O)c(OC)c1. The summed E-state index contributed by atoms with van der Waals surface area (Å²) in [4.78, 5) is 28.4. The fraction of sp³-hybridized carbons (Fsp3) is 0.312. The Hall–Kier alpha value is -2.83. The summed E-state index contributed by atoms with van der Waals surface area (Å²) in [6.07, 6.45) is 0. The van der Waals surface area contributed by atoms with Crippen molar-refractivity contribution in [2.24, 2.45) is 0 Å². The predicted octanol–water partition coefficient (Wildman–Crippen LogP) is 1.52. The van der Waals surface area contributed by atoms with Gasteiger partial charge >= 0.3 is 0 Å². The first-order valence-corrected chi connectivity index (χ1v) is 7.01. The monoisotopic (exact) mass is 317 g/mol. The van der Waals surface area contributed by atoms with Gasteiger partial charge in [-0.05, 0) is 26.0 Å². The number of methoxy groups -OCH3 is 2. The van der Waals surface area contributed by atoms with Gasteiger partial charge in [0.1, 0.15) is 23.9 Å². The second kappa shape index (κ2) is 6.95. The molecule has 0 saturated heterocycles. The zero-order chi connectivity index (χ0) is 17.0. The van der Waals surface area contributed by atoms with E-state index in [4.69, 9.17) is 9.47 Å². The minimum atomic E-state index is -0.343.